The van der Waals surface area contributed by atoms with Gasteiger partial charge in [-0.25, -0.2) is 4.79 Å². The van der Waals surface area contributed by atoms with Gasteiger partial charge in [0.05, 0.1) is 12.8 Å². The van der Waals surface area contributed by atoms with Gasteiger partial charge in [0.1, 0.15) is 6.54 Å². The molecule has 19 heavy (non-hydrogen) atoms. The fourth-order valence-electron chi connectivity index (χ4n) is 1.48. The number of ether oxygens (including phenoxy) is 1. The molecule has 1 aromatic heterocycles. The monoisotopic (exact) mass is 268 g/mol. The number of anilines is 1. The molecule has 0 unspecified atom stereocenters. The first-order valence-corrected chi connectivity index (χ1v) is 6.12. The van der Waals surface area contributed by atoms with Gasteiger partial charge in [-0.05, 0) is 12.3 Å². The smallest absolute Gasteiger partial charge is 0.360 e. The minimum atomic E-state index is -0.614. The number of carbonyl (C=O) groups is 2. The maximum Gasteiger partial charge on any atom is 0.360 e. The summed E-state index contributed by atoms with van der Waals surface area (Å²) >= 11 is 0. The molecule has 0 aliphatic heterocycles. The van der Waals surface area contributed by atoms with E-state index in [1.54, 1.807) is 0 Å². The van der Waals surface area contributed by atoms with E-state index in [9.17, 15) is 9.59 Å². The Balaban J connectivity index is 2.53. The average molecular weight is 268 g/mol. The third-order valence-electron chi connectivity index (χ3n) is 2.52. The SMILES string of the molecule is COC(=O)c1nn(CC(=O)NCCC(C)C)cc1N. The third-order valence-corrected chi connectivity index (χ3v) is 2.52. The number of hydrogen-bond donors (Lipinski definition) is 2. The highest BCUT2D eigenvalue weighted by atomic mass is 16.5. The zero-order valence-electron chi connectivity index (χ0n) is 11.5. The van der Waals surface area contributed by atoms with Crippen LogP contribution in [0.3, 0.4) is 0 Å². The Labute approximate surface area is 112 Å². The van der Waals surface area contributed by atoms with Crippen LogP contribution < -0.4 is 11.1 Å². The Morgan fingerprint density at radius 3 is 2.79 bits per heavy atom. The molecular weight excluding hydrogens is 248 g/mol. The molecule has 0 spiro atoms. The molecule has 0 aliphatic rings. The number of nitrogens with two attached hydrogens (primary N) is 1. The van der Waals surface area contributed by atoms with Crippen molar-refractivity contribution in [2.75, 3.05) is 19.4 Å². The summed E-state index contributed by atoms with van der Waals surface area (Å²) in [6.45, 7) is 4.82. The van der Waals surface area contributed by atoms with E-state index >= 15 is 0 Å². The van der Waals surface area contributed by atoms with Crippen molar-refractivity contribution in [3.8, 4) is 0 Å². The number of methoxy groups -OCH3 is 1. The summed E-state index contributed by atoms with van der Waals surface area (Å²) in [6, 6.07) is 0. The topological polar surface area (TPSA) is 99.2 Å². The second kappa shape index (κ2) is 6.77. The van der Waals surface area contributed by atoms with E-state index < -0.39 is 5.97 Å². The Hall–Kier alpha value is -2.05. The molecule has 1 heterocycles. The van der Waals surface area contributed by atoms with Crippen LogP contribution in [0.5, 0.6) is 0 Å². The molecule has 0 atom stereocenters. The number of nitrogen functional groups attached to an aromatic ring is 1. The van der Waals surface area contributed by atoms with Crippen LogP contribution in [0.15, 0.2) is 6.20 Å². The lowest BCUT2D eigenvalue weighted by Crippen LogP contribution is -2.29. The maximum absolute atomic E-state index is 11.6. The molecule has 0 aromatic carbocycles. The average Bonchev–Trinajstić information content (AvgIpc) is 2.68. The molecule has 3 N–H and O–H groups in total. The quantitative estimate of drug-likeness (QED) is 0.728. The number of hydrogen-bond acceptors (Lipinski definition) is 5. The third kappa shape index (κ3) is 4.61. The van der Waals surface area contributed by atoms with Gasteiger partial charge in [-0.3, -0.25) is 9.48 Å². The lowest BCUT2D eigenvalue weighted by Gasteiger charge is -2.07. The predicted molar refractivity (Wildman–Crippen MR) is 70.4 cm³/mol. The van der Waals surface area contributed by atoms with Crippen LogP contribution in [-0.2, 0) is 16.1 Å². The Morgan fingerprint density at radius 1 is 1.53 bits per heavy atom. The summed E-state index contributed by atoms with van der Waals surface area (Å²) in [5, 5.41) is 6.70. The summed E-state index contributed by atoms with van der Waals surface area (Å²) in [7, 11) is 1.25. The van der Waals surface area contributed by atoms with Gasteiger partial charge in [-0.1, -0.05) is 13.8 Å². The predicted octanol–water partition coefficient (Wildman–Crippen LogP) is 0.414. The van der Waals surface area contributed by atoms with Crippen LogP contribution in [0, 0.1) is 5.92 Å². The van der Waals surface area contributed by atoms with Crippen molar-refractivity contribution in [3.63, 3.8) is 0 Å². The van der Waals surface area contributed by atoms with Crippen LogP contribution in [0.25, 0.3) is 0 Å². The highest BCUT2D eigenvalue weighted by Crippen LogP contribution is 2.09. The van der Waals surface area contributed by atoms with E-state index in [-0.39, 0.29) is 23.8 Å². The van der Waals surface area contributed by atoms with E-state index in [0.29, 0.717) is 12.5 Å². The van der Waals surface area contributed by atoms with E-state index in [1.165, 1.54) is 18.0 Å². The zero-order chi connectivity index (χ0) is 14.4. The Bertz CT molecular complexity index is 454. The molecule has 0 fully saturated rings. The molecule has 0 saturated carbocycles. The molecule has 1 amide bonds. The van der Waals surface area contributed by atoms with Crippen LogP contribution >= 0.6 is 0 Å². The van der Waals surface area contributed by atoms with E-state index in [1.807, 2.05) is 0 Å². The van der Waals surface area contributed by atoms with Crippen molar-refractivity contribution in [2.24, 2.45) is 5.92 Å². The Morgan fingerprint density at radius 2 is 2.21 bits per heavy atom. The number of aromatic nitrogens is 2. The fraction of sp³-hybridized carbons (Fsp3) is 0.583. The standard InChI is InChI=1S/C12H20N4O3/c1-8(2)4-5-14-10(17)7-16-6-9(13)11(15-16)12(18)19-3/h6,8H,4-5,7,13H2,1-3H3,(H,14,17). The summed E-state index contributed by atoms with van der Waals surface area (Å²) in [4.78, 5) is 22.9. The van der Waals surface area contributed by atoms with Gasteiger partial charge in [0.25, 0.3) is 0 Å². The van der Waals surface area contributed by atoms with Crippen molar-refractivity contribution in [1.82, 2.24) is 15.1 Å². The molecule has 106 valence electrons. The van der Waals surface area contributed by atoms with Crippen molar-refractivity contribution in [2.45, 2.75) is 26.8 Å². The van der Waals surface area contributed by atoms with Crippen molar-refractivity contribution in [3.05, 3.63) is 11.9 Å². The first-order valence-electron chi connectivity index (χ1n) is 6.12. The number of carbonyl (C=O) groups excluding carboxylic acids is 2. The molecule has 1 rings (SSSR count). The summed E-state index contributed by atoms with van der Waals surface area (Å²) in [6.07, 6.45) is 2.36. The van der Waals surface area contributed by atoms with Gasteiger partial charge in [0, 0.05) is 12.7 Å². The first-order chi connectivity index (χ1) is 8.93. The van der Waals surface area contributed by atoms with Crippen LogP contribution in [-0.4, -0.2) is 35.3 Å². The minimum Gasteiger partial charge on any atom is -0.464 e. The molecule has 0 radical (unpaired) electrons. The normalized spacial score (nSPS) is 10.5. The van der Waals surface area contributed by atoms with Crippen LogP contribution in [0.2, 0.25) is 0 Å². The Kier molecular flexibility index (Phi) is 5.35. The van der Waals surface area contributed by atoms with Gasteiger partial charge < -0.3 is 15.8 Å². The van der Waals surface area contributed by atoms with Crippen molar-refractivity contribution < 1.29 is 14.3 Å². The lowest BCUT2D eigenvalue weighted by molar-refractivity contribution is -0.121. The van der Waals surface area contributed by atoms with Crippen LogP contribution in [0.1, 0.15) is 30.8 Å². The number of esters is 1. The minimum absolute atomic E-state index is 0.0254. The van der Waals surface area contributed by atoms with Gasteiger partial charge >= 0.3 is 5.97 Å². The first kappa shape index (κ1) is 15.0. The van der Waals surface area contributed by atoms with Gasteiger partial charge in [0.2, 0.25) is 5.91 Å². The zero-order valence-corrected chi connectivity index (χ0v) is 11.5. The molecule has 0 saturated heterocycles. The van der Waals surface area contributed by atoms with Gasteiger partial charge in [-0.2, -0.15) is 5.10 Å². The largest absolute Gasteiger partial charge is 0.464 e. The molecule has 0 aliphatic carbocycles. The molecule has 1 aromatic rings. The second-order valence-corrected chi connectivity index (χ2v) is 4.65. The molecule has 7 heteroatoms. The second-order valence-electron chi connectivity index (χ2n) is 4.65. The fourth-order valence-corrected chi connectivity index (χ4v) is 1.48. The van der Waals surface area contributed by atoms with Gasteiger partial charge in [0.15, 0.2) is 5.69 Å². The highest BCUT2D eigenvalue weighted by Gasteiger charge is 2.16. The van der Waals surface area contributed by atoms with E-state index in [0.717, 1.165) is 6.42 Å². The van der Waals surface area contributed by atoms with E-state index in [2.05, 4.69) is 29.0 Å². The summed E-state index contributed by atoms with van der Waals surface area (Å²) < 4.78 is 5.86. The van der Waals surface area contributed by atoms with Crippen molar-refractivity contribution >= 4 is 17.6 Å². The van der Waals surface area contributed by atoms with Gasteiger partial charge in [-0.15, -0.1) is 0 Å². The number of rotatable bonds is 6. The molecular formula is C12H20N4O3. The number of amides is 1. The molecule has 0 bridgehead atoms. The van der Waals surface area contributed by atoms with E-state index in [4.69, 9.17) is 5.73 Å². The number of nitrogens with one attached hydrogen (secondary N) is 1. The summed E-state index contributed by atoms with van der Waals surface area (Å²) in [5.74, 6) is -0.248. The lowest BCUT2D eigenvalue weighted by atomic mass is 10.1. The molecule has 7 nitrogen and oxygen atoms in total. The number of nitrogens with zero attached hydrogens (tertiary/aromatic N) is 2. The maximum atomic E-state index is 11.6. The summed E-state index contributed by atoms with van der Waals surface area (Å²) in [5.41, 5.74) is 5.84. The van der Waals surface area contributed by atoms with Crippen molar-refractivity contribution in [1.29, 1.82) is 0 Å². The van der Waals surface area contributed by atoms with Crippen LogP contribution in [0.4, 0.5) is 5.69 Å². The highest BCUT2D eigenvalue weighted by molar-refractivity contribution is 5.92.